The highest BCUT2D eigenvalue weighted by Crippen LogP contribution is 2.19. The topological polar surface area (TPSA) is 27.7 Å². The van der Waals surface area contributed by atoms with Crippen LogP contribution in [0.5, 0.6) is 0 Å². The van der Waals surface area contributed by atoms with Crippen LogP contribution in [0, 0.1) is 0 Å². The second-order valence-electron chi connectivity index (χ2n) is 2.87. The molecule has 0 saturated carbocycles. The summed E-state index contributed by atoms with van der Waals surface area (Å²) in [6, 6.07) is 0. The average molecular weight is 160 g/mol. The molecule has 2 unspecified atom stereocenters. The second kappa shape index (κ2) is 4.70. The fourth-order valence-corrected chi connectivity index (χ4v) is 1.40. The van der Waals surface area contributed by atoms with E-state index in [0.717, 1.165) is 12.8 Å². The Hall–Kier alpha value is -0.120. The van der Waals surface area contributed by atoms with E-state index >= 15 is 0 Å². The number of methoxy groups -OCH3 is 2. The summed E-state index contributed by atoms with van der Waals surface area (Å²) in [4.78, 5) is 0. The van der Waals surface area contributed by atoms with Gasteiger partial charge in [0, 0.05) is 14.2 Å². The quantitative estimate of drug-likeness (QED) is 0.609. The van der Waals surface area contributed by atoms with E-state index in [0.29, 0.717) is 25.4 Å². The Morgan fingerprint density at radius 1 is 1.09 bits per heavy atom. The van der Waals surface area contributed by atoms with Crippen LogP contribution in [0.1, 0.15) is 12.8 Å². The molecular formula is C8H16O3. The molecule has 0 aromatic heterocycles. The molecule has 0 aromatic rings. The molecule has 3 heteroatoms. The molecule has 1 saturated heterocycles. The van der Waals surface area contributed by atoms with Gasteiger partial charge in [-0.05, 0) is 12.8 Å². The van der Waals surface area contributed by atoms with Crippen LogP contribution in [0.2, 0.25) is 0 Å². The van der Waals surface area contributed by atoms with E-state index in [-0.39, 0.29) is 0 Å². The number of hydrogen-bond donors (Lipinski definition) is 0. The summed E-state index contributed by atoms with van der Waals surface area (Å²) in [5.41, 5.74) is 0. The summed E-state index contributed by atoms with van der Waals surface area (Å²) in [6.07, 6.45) is 2.78. The van der Waals surface area contributed by atoms with Gasteiger partial charge in [0.2, 0.25) is 0 Å². The van der Waals surface area contributed by atoms with Crippen molar-refractivity contribution in [2.45, 2.75) is 25.0 Å². The maximum Gasteiger partial charge on any atom is 0.0814 e. The molecule has 0 aromatic carbocycles. The van der Waals surface area contributed by atoms with Crippen molar-refractivity contribution >= 4 is 0 Å². The summed E-state index contributed by atoms with van der Waals surface area (Å²) in [6.45, 7) is 1.42. The molecule has 3 nitrogen and oxygen atoms in total. The number of hydrogen-bond acceptors (Lipinski definition) is 3. The van der Waals surface area contributed by atoms with Gasteiger partial charge in [0.05, 0.1) is 25.4 Å². The minimum absolute atomic E-state index is 0.292. The first-order valence-corrected chi connectivity index (χ1v) is 4.00. The number of rotatable bonds is 4. The molecule has 0 bridgehead atoms. The maximum atomic E-state index is 5.59. The Morgan fingerprint density at radius 3 is 1.91 bits per heavy atom. The van der Waals surface area contributed by atoms with Crippen molar-refractivity contribution in [2.75, 3.05) is 27.4 Å². The lowest BCUT2D eigenvalue weighted by atomic mass is 10.2. The molecule has 0 radical (unpaired) electrons. The van der Waals surface area contributed by atoms with E-state index in [9.17, 15) is 0 Å². The zero-order valence-electron chi connectivity index (χ0n) is 7.21. The highest BCUT2D eigenvalue weighted by Gasteiger charge is 2.24. The molecule has 11 heavy (non-hydrogen) atoms. The van der Waals surface area contributed by atoms with Crippen LogP contribution in [-0.2, 0) is 14.2 Å². The average Bonchev–Trinajstić information content (AvgIpc) is 2.38. The van der Waals surface area contributed by atoms with Crippen LogP contribution in [0.3, 0.4) is 0 Å². The van der Waals surface area contributed by atoms with Gasteiger partial charge >= 0.3 is 0 Å². The largest absolute Gasteiger partial charge is 0.382 e. The van der Waals surface area contributed by atoms with Gasteiger partial charge in [-0.1, -0.05) is 0 Å². The zero-order valence-corrected chi connectivity index (χ0v) is 7.21. The first-order chi connectivity index (χ1) is 5.36. The monoisotopic (exact) mass is 160 g/mol. The molecule has 1 aliphatic rings. The molecule has 1 fully saturated rings. The van der Waals surface area contributed by atoms with Gasteiger partial charge in [-0.2, -0.15) is 0 Å². The van der Waals surface area contributed by atoms with Gasteiger partial charge in [0.25, 0.3) is 0 Å². The van der Waals surface area contributed by atoms with Crippen LogP contribution in [0.25, 0.3) is 0 Å². The molecular weight excluding hydrogens is 144 g/mol. The minimum Gasteiger partial charge on any atom is -0.382 e. The first-order valence-electron chi connectivity index (χ1n) is 4.00. The summed E-state index contributed by atoms with van der Waals surface area (Å²) in [5.74, 6) is 0. The summed E-state index contributed by atoms with van der Waals surface area (Å²) in [7, 11) is 3.40. The Bertz CT molecular complexity index is 93.5. The van der Waals surface area contributed by atoms with Crippen LogP contribution < -0.4 is 0 Å². The van der Waals surface area contributed by atoms with E-state index in [1.54, 1.807) is 14.2 Å². The standard InChI is InChI=1S/C8H16O3/c1-9-5-7-3-4-8(11-7)6-10-2/h7-8H,3-6H2,1-2H3. The predicted molar refractivity (Wildman–Crippen MR) is 41.6 cm³/mol. The van der Waals surface area contributed by atoms with Gasteiger partial charge < -0.3 is 14.2 Å². The lowest BCUT2D eigenvalue weighted by molar-refractivity contribution is -0.0294. The summed E-state index contributed by atoms with van der Waals surface area (Å²) in [5, 5.41) is 0. The normalized spacial score (nSPS) is 31.1. The molecule has 0 N–H and O–H groups in total. The molecule has 0 amide bonds. The third-order valence-corrected chi connectivity index (χ3v) is 1.90. The van der Waals surface area contributed by atoms with Crippen LogP contribution >= 0.6 is 0 Å². The molecule has 1 rings (SSSR count). The predicted octanol–water partition coefficient (Wildman–Crippen LogP) is 0.827. The van der Waals surface area contributed by atoms with Crippen LogP contribution in [0.4, 0.5) is 0 Å². The first kappa shape index (κ1) is 8.97. The lowest BCUT2D eigenvalue weighted by Crippen LogP contribution is -2.18. The van der Waals surface area contributed by atoms with Crippen molar-refractivity contribution in [2.24, 2.45) is 0 Å². The van der Waals surface area contributed by atoms with Gasteiger partial charge in [-0.3, -0.25) is 0 Å². The second-order valence-corrected chi connectivity index (χ2v) is 2.87. The van der Waals surface area contributed by atoms with Gasteiger partial charge in [-0.25, -0.2) is 0 Å². The van der Waals surface area contributed by atoms with Gasteiger partial charge in [0.15, 0.2) is 0 Å². The Kier molecular flexibility index (Phi) is 3.83. The van der Waals surface area contributed by atoms with Crippen molar-refractivity contribution < 1.29 is 14.2 Å². The molecule has 0 aliphatic carbocycles. The maximum absolute atomic E-state index is 5.59. The summed E-state index contributed by atoms with van der Waals surface area (Å²) < 4.78 is 15.6. The highest BCUT2D eigenvalue weighted by atomic mass is 16.6. The van der Waals surface area contributed by atoms with E-state index < -0.39 is 0 Å². The highest BCUT2D eigenvalue weighted by molar-refractivity contribution is 4.72. The molecule has 1 aliphatic heterocycles. The Morgan fingerprint density at radius 2 is 1.55 bits per heavy atom. The van der Waals surface area contributed by atoms with Crippen LogP contribution in [0.15, 0.2) is 0 Å². The van der Waals surface area contributed by atoms with Crippen molar-refractivity contribution in [3.8, 4) is 0 Å². The van der Waals surface area contributed by atoms with E-state index in [1.807, 2.05) is 0 Å². The SMILES string of the molecule is COCC1CCC(COC)O1. The molecule has 66 valence electrons. The minimum atomic E-state index is 0.292. The van der Waals surface area contributed by atoms with Crippen molar-refractivity contribution in [3.63, 3.8) is 0 Å². The third-order valence-electron chi connectivity index (χ3n) is 1.90. The molecule has 0 spiro atoms. The van der Waals surface area contributed by atoms with E-state index in [2.05, 4.69) is 0 Å². The third kappa shape index (κ3) is 2.77. The molecule has 1 heterocycles. The van der Waals surface area contributed by atoms with Crippen molar-refractivity contribution in [3.05, 3.63) is 0 Å². The Balaban J connectivity index is 2.12. The number of ether oxygens (including phenoxy) is 3. The van der Waals surface area contributed by atoms with Gasteiger partial charge in [-0.15, -0.1) is 0 Å². The smallest absolute Gasteiger partial charge is 0.0814 e. The molecule has 2 atom stereocenters. The van der Waals surface area contributed by atoms with Crippen molar-refractivity contribution in [1.82, 2.24) is 0 Å². The van der Waals surface area contributed by atoms with Crippen LogP contribution in [-0.4, -0.2) is 39.6 Å². The lowest BCUT2D eigenvalue weighted by Gasteiger charge is -2.11. The Labute approximate surface area is 67.6 Å². The fraction of sp³-hybridized carbons (Fsp3) is 1.00. The van der Waals surface area contributed by atoms with Crippen molar-refractivity contribution in [1.29, 1.82) is 0 Å². The van der Waals surface area contributed by atoms with E-state index in [4.69, 9.17) is 14.2 Å². The zero-order chi connectivity index (χ0) is 8.10. The van der Waals surface area contributed by atoms with Gasteiger partial charge in [0.1, 0.15) is 0 Å². The summed E-state index contributed by atoms with van der Waals surface area (Å²) >= 11 is 0. The van der Waals surface area contributed by atoms with E-state index in [1.165, 1.54) is 0 Å². The fourth-order valence-electron chi connectivity index (χ4n) is 1.40.